The first-order chi connectivity index (χ1) is 8.58. The minimum absolute atomic E-state index is 0.192. The van der Waals surface area contributed by atoms with Crippen LogP contribution >= 0.6 is 0 Å². The zero-order valence-corrected chi connectivity index (χ0v) is 11.2. The van der Waals surface area contributed by atoms with Crippen LogP contribution in [0.25, 0.3) is 10.8 Å². The summed E-state index contributed by atoms with van der Waals surface area (Å²) in [6.45, 7) is 6.49. The van der Waals surface area contributed by atoms with Crippen LogP contribution in [0.15, 0.2) is 30.6 Å². The summed E-state index contributed by atoms with van der Waals surface area (Å²) < 4.78 is 6.00. The summed E-state index contributed by atoms with van der Waals surface area (Å²) in [6.07, 6.45) is 4.78. The first-order valence-corrected chi connectivity index (χ1v) is 6.36. The maximum atomic E-state index is 6.00. The van der Waals surface area contributed by atoms with Crippen molar-refractivity contribution in [3.8, 4) is 5.75 Å². The fraction of sp³-hybridized carbons (Fsp3) is 0.400. The maximum absolute atomic E-state index is 6.00. The van der Waals surface area contributed by atoms with Crippen LogP contribution in [0.1, 0.15) is 27.2 Å². The third-order valence-corrected chi connectivity index (χ3v) is 2.94. The van der Waals surface area contributed by atoms with Gasteiger partial charge in [-0.3, -0.25) is 4.98 Å². The molecule has 0 radical (unpaired) electrons. The molecule has 96 valence electrons. The van der Waals surface area contributed by atoms with Crippen molar-refractivity contribution in [2.24, 2.45) is 5.92 Å². The van der Waals surface area contributed by atoms with Crippen molar-refractivity contribution in [1.29, 1.82) is 0 Å². The molecule has 2 N–H and O–H groups in total. The van der Waals surface area contributed by atoms with Crippen LogP contribution in [0.2, 0.25) is 0 Å². The number of aromatic nitrogens is 1. The van der Waals surface area contributed by atoms with Crippen molar-refractivity contribution >= 4 is 16.5 Å². The number of ether oxygens (including phenoxy) is 1. The molecule has 0 aliphatic carbocycles. The van der Waals surface area contributed by atoms with Gasteiger partial charge in [0.1, 0.15) is 5.75 Å². The van der Waals surface area contributed by atoms with E-state index >= 15 is 0 Å². The Morgan fingerprint density at radius 3 is 2.67 bits per heavy atom. The summed E-state index contributed by atoms with van der Waals surface area (Å²) in [5.41, 5.74) is 6.71. The van der Waals surface area contributed by atoms with Crippen LogP contribution < -0.4 is 10.5 Å². The molecule has 2 rings (SSSR count). The lowest BCUT2D eigenvalue weighted by molar-refractivity contribution is 0.195. The Kier molecular flexibility index (Phi) is 3.70. The molecule has 0 saturated carbocycles. The van der Waals surface area contributed by atoms with Crippen LogP contribution in [0.5, 0.6) is 5.75 Å². The summed E-state index contributed by atoms with van der Waals surface area (Å²) in [5, 5.41) is 1.98. The van der Waals surface area contributed by atoms with E-state index in [1.807, 2.05) is 24.4 Å². The van der Waals surface area contributed by atoms with Crippen LogP contribution in [0.4, 0.5) is 5.69 Å². The first kappa shape index (κ1) is 12.7. The van der Waals surface area contributed by atoms with Gasteiger partial charge in [0.05, 0.1) is 6.10 Å². The number of pyridine rings is 1. The average Bonchev–Trinajstić information content (AvgIpc) is 2.32. The van der Waals surface area contributed by atoms with Gasteiger partial charge in [0.2, 0.25) is 0 Å². The van der Waals surface area contributed by atoms with Crippen LogP contribution in [-0.2, 0) is 0 Å². The Balaban J connectivity index is 2.31. The lowest BCUT2D eigenvalue weighted by Crippen LogP contribution is -2.14. The SMILES string of the molecule is CC(C)CC(C)Oc1ccc(N)c2ccncc12. The minimum Gasteiger partial charge on any atom is -0.490 e. The smallest absolute Gasteiger partial charge is 0.129 e. The van der Waals surface area contributed by atoms with Gasteiger partial charge in [0.15, 0.2) is 0 Å². The highest BCUT2D eigenvalue weighted by atomic mass is 16.5. The van der Waals surface area contributed by atoms with Crippen molar-refractivity contribution in [1.82, 2.24) is 4.98 Å². The molecule has 0 aliphatic heterocycles. The Bertz CT molecular complexity index is 537. The molecule has 0 amide bonds. The molecule has 1 aromatic heterocycles. The molecular weight excluding hydrogens is 224 g/mol. The molecule has 0 aliphatic rings. The Morgan fingerprint density at radius 2 is 1.94 bits per heavy atom. The van der Waals surface area contributed by atoms with Crippen molar-refractivity contribution < 1.29 is 4.74 Å². The molecule has 1 unspecified atom stereocenters. The number of nitrogens with zero attached hydrogens (tertiary/aromatic N) is 1. The van der Waals surface area contributed by atoms with Crippen molar-refractivity contribution in [2.45, 2.75) is 33.3 Å². The molecule has 0 fully saturated rings. The number of benzene rings is 1. The van der Waals surface area contributed by atoms with Gasteiger partial charge >= 0.3 is 0 Å². The highest BCUT2D eigenvalue weighted by Crippen LogP contribution is 2.30. The Morgan fingerprint density at radius 1 is 1.17 bits per heavy atom. The van der Waals surface area contributed by atoms with Gasteiger partial charge in [0.25, 0.3) is 0 Å². The average molecular weight is 244 g/mol. The van der Waals surface area contributed by atoms with Gasteiger partial charge in [-0.05, 0) is 37.5 Å². The lowest BCUT2D eigenvalue weighted by Gasteiger charge is -2.18. The highest BCUT2D eigenvalue weighted by molar-refractivity contribution is 5.96. The third-order valence-electron chi connectivity index (χ3n) is 2.94. The molecule has 1 atom stereocenters. The predicted octanol–water partition coefficient (Wildman–Crippen LogP) is 3.63. The number of hydrogen-bond donors (Lipinski definition) is 1. The van der Waals surface area contributed by atoms with Gasteiger partial charge < -0.3 is 10.5 Å². The predicted molar refractivity (Wildman–Crippen MR) is 75.7 cm³/mol. The molecule has 1 aromatic carbocycles. The summed E-state index contributed by atoms with van der Waals surface area (Å²) >= 11 is 0. The molecule has 0 bridgehead atoms. The molecule has 2 aromatic rings. The zero-order valence-electron chi connectivity index (χ0n) is 11.2. The van der Waals surface area contributed by atoms with E-state index in [1.165, 1.54) is 0 Å². The monoisotopic (exact) mass is 244 g/mol. The summed E-state index contributed by atoms with van der Waals surface area (Å²) in [4.78, 5) is 4.15. The number of anilines is 1. The highest BCUT2D eigenvalue weighted by Gasteiger charge is 2.10. The topological polar surface area (TPSA) is 48.1 Å². The Hall–Kier alpha value is -1.77. The number of hydrogen-bond acceptors (Lipinski definition) is 3. The number of fused-ring (bicyclic) bond motifs is 1. The van der Waals surface area contributed by atoms with Crippen LogP contribution in [0.3, 0.4) is 0 Å². The fourth-order valence-corrected chi connectivity index (χ4v) is 2.22. The molecular formula is C15H20N2O. The van der Waals surface area contributed by atoms with E-state index in [4.69, 9.17) is 10.5 Å². The molecule has 0 saturated heterocycles. The van der Waals surface area contributed by atoms with E-state index in [0.29, 0.717) is 5.92 Å². The van der Waals surface area contributed by atoms with Crippen LogP contribution in [0, 0.1) is 5.92 Å². The number of nitrogens with two attached hydrogens (primary N) is 1. The van der Waals surface area contributed by atoms with Gasteiger partial charge in [-0.15, -0.1) is 0 Å². The second kappa shape index (κ2) is 5.25. The van der Waals surface area contributed by atoms with E-state index in [0.717, 1.165) is 28.6 Å². The molecule has 0 spiro atoms. The van der Waals surface area contributed by atoms with Crippen molar-refractivity contribution in [2.75, 3.05) is 5.73 Å². The summed E-state index contributed by atoms with van der Waals surface area (Å²) in [7, 11) is 0. The van der Waals surface area contributed by atoms with Gasteiger partial charge in [-0.2, -0.15) is 0 Å². The number of rotatable bonds is 4. The van der Waals surface area contributed by atoms with E-state index in [-0.39, 0.29) is 6.10 Å². The largest absolute Gasteiger partial charge is 0.490 e. The standard InChI is InChI=1S/C15H20N2O/c1-10(2)8-11(3)18-15-5-4-14(16)12-6-7-17-9-13(12)15/h4-7,9-11H,8,16H2,1-3H3. The maximum Gasteiger partial charge on any atom is 0.129 e. The van der Waals surface area contributed by atoms with Crippen molar-refractivity contribution in [3.63, 3.8) is 0 Å². The molecule has 3 nitrogen and oxygen atoms in total. The van der Waals surface area contributed by atoms with Gasteiger partial charge in [0, 0.05) is 28.9 Å². The third kappa shape index (κ3) is 2.73. The van der Waals surface area contributed by atoms with Crippen LogP contribution in [-0.4, -0.2) is 11.1 Å². The lowest BCUT2D eigenvalue weighted by atomic mass is 10.1. The van der Waals surface area contributed by atoms with E-state index < -0.39 is 0 Å². The normalized spacial score (nSPS) is 12.9. The van der Waals surface area contributed by atoms with Gasteiger partial charge in [-0.1, -0.05) is 13.8 Å². The summed E-state index contributed by atoms with van der Waals surface area (Å²) in [6, 6.07) is 5.74. The van der Waals surface area contributed by atoms with E-state index in [2.05, 4.69) is 25.8 Å². The molecule has 18 heavy (non-hydrogen) atoms. The quantitative estimate of drug-likeness (QED) is 0.835. The minimum atomic E-state index is 0.192. The first-order valence-electron chi connectivity index (χ1n) is 6.36. The second-order valence-electron chi connectivity index (χ2n) is 5.13. The van der Waals surface area contributed by atoms with E-state index in [9.17, 15) is 0 Å². The fourth-order valence-electron chi connectivity index (χ4n) is 2.22. The van der Waals surface area contributed by atoms with Gasteiger partial charge in [-0.25, -0.2) is 0 Å². The van der Waals surface area contributed by atoms with E-state index in [1.54, 1.807) is 6.20 Å². The Labute approximate surface area is 108 Å². The number of nitrogen functional groups attached to an aromatic ring is 1. The zero-order chi connectivity index (χ0) is 13.1. The second-order valence-corrected chi connectivity index (χ2v) is 5.13. The van der Waals surface area contributed by atoms with Crippen molar-refractivity contribution in [3.05, 3.63) is 30.6 Å². The molecule has 1 heterocycles. The summed E-state index contributed by atoms with van der Waals surface area (Å²) in [5.74, 6) is 1.48. The molecule has 3 heteroatoms.